The molecule has 7 nitrogen and oxygen atoms in total. The minimum Gasteiger partial charge on any atom is -0.486 e. The zero-order valence-corrected chi connectivity index (χ0v) is 17.3. The average Bonchev–Trinajstić information content (AvgIpc) is 3.20. The monoisotopic (exact) mass is 419 g/mol. The summed E-state index contributed by atoms with van der Waals surface area (Å²) in [5.41, 5.74) is 4.11. The molecule has 2 aromatic carbocycles. The molecule has 160 valence electrons. The molecule has 31 heavy (non-hydrogen) atoms. The third-order valence-corrected chi connectivity index (χ3v) is 6.65. The van der Waals surface area contributed by atoms with Crippen molar-refractivity contribution in [3.05, 3.63) is 53.7 Å². The third-order valence-electron chi connectivity index (χ3n) is 6.65. The van der Waals surface area contributed by atoms with E-state index in [1.54, 1.807) is 0 Å². The summed E-state index contributed by atoms with van der Waals surface area (Å²) in [6.07, 6.45) is 2.48. The van der Waals surface area contributed by atoms with E-state index < -0.39 is 0 Å². The van der Waals surface area contributed by atoms with Crippen LogP contribution in [0.3, 0.4) is 0 Å². The number of para-hydroxylation sites is 1. The number of anilines is 1. The maximum atomic E-state index is 12.9. The predicted molar refractivity (Wildman–Crippen MR) is 117 cm³/mol. The molecule has 0 unspecified atom stereocenters. The van der Waals surface area contributed by atoms with Gasteiger partial charge in [-0.2, -0.15) is 0 Å². The van der Waals surface area contributed by atoms with Gasteiger partial charge < -0.3 is 29.4 Å². The molecule has 3 aromatic rings. The number of amides is 2. The van der Waals surface area contributed by atoms with Crippen molar-refractivity contribution in [3.8, 4) is 11.5 Å². The lowest BCUT2D eigenvalue weighted by molar-refractivity contribution is -0.0943. The Balaban J connectivity index is 1.17. The fourth-order valence-electron chi connectivity index (χ4n) is 5.06. The van der Waals surface area contributed by atoms with E-state index in [4.69, 9.17) is 14.2 Å². The molecule has 0 aliphatic carbocycles. The highest BCUT2D eigenvalue weighted by Crippen LogP contribution is 2.43. The van der Waals surface area contributed by atoms with Gasteiger partial charge in [0.15, 0.2) is 11.5 Å². The molecule has 1 saturated heterocycles. The fourth-order valence-corrected chi connectivity index (χ4v) is 5.06. The van der Waals surface area contributed by atoms with Gasteiger partial charge in [-0.15, -0.1) is 0 Å². The number of benzene rings is 2. The average molecular weight is 419 g/mol. The van der Waals surface area contributed by atoms with Crippen molar-refractivity contribution in [1.29, 1.82) is 0 Å². The van der Waals surface area contributed by atoms with E-state index in [1.807, 2.05) is 23.1 Å². The zero-order chi connectivity index (χ0) is 20.8. The summed E-state index contributed by atoms with van der Waals surface area (Å²) in [5, 5.41) is 4.29. The lowest BCUT2D eigenvalue weighted by Gasteiger charge is -2.43. The lowest BCUT2D eigenvalue weighted by Crippen LogP contribution is -2.49. The number of likely N-dealkylation sites (tertiary alicyclic amines) is 1. The molecule has 7 heteroatoms. The number of hydrogen-bond acceptors (Lipinski definition) is 4. The molecule has 0 radical (unpaired) electrons. The summed E-state index contributed by atoms with van der Waals surface area (Å²) in [6, 6.07) is 13.8. The van der Waals surface area contributed by atoms with Crippen LogP contribution in [0.2, 0.25) is 0 Å². The summed E-state index contributed by atoms with van der Waals surface area (Å²) < 4.78 is 17.5. The number of nitrogens with one attached hydrogen (secondary N) is 2. The molecular formula is C24H25N3O4. The number of rotatable bonds is 1. The Hall–Kier alpha value is -3.19. The second kappa shape index (κ2) is 7.20. The number of H-pyrrole nitrogens is 1. The second-order valence-corrected chi connectivity index (χ2v) is 8.39. The van der Waals surface area contributed by atoms with Crippen LogP contribution in [0.1, 0.15) is 24.1 Å². The van der Waals surface area contributed by atoms with Crippen LogP contribution in [0.15, 0.2) is 42.5 Å². The van der Waals surface area contributed by atoms with Crippen molar-refractivity contribution >= 4 is 22.6 Å². The van der Waals surface area contributed by atoms with E-state index in [2.05, 4.69) is 34.6 Å². The Morgan fingerprint density at radius 1 is 1.00 bits per heavy atom. The summed E-state index contributed by atoms with van der Waals surface area (Å²) >= 11 is 0. The van der Waals surface area contributed by atoms with Crippen LogP contribution in [-0.2, 0) is 16.8 Å². The van der Waals surface area contributed by atoms with Crippen LogP contribution in [0.5, 0.6) is 11.5 Å². The van der Waals surface area contributed by atoms with E-state index >= 15 is 0 Å². The van der Waals surface area contributed by atoms with E-state index in [9.17, 15) is 4.79 Å². The Kier molecular flexibility index (Phi) is 4.31. The first-order chi connectivity index (χ1) is 15.2. The van der Waals surface area contributed by atoms with Gasteiger partial charge in [0.2, 0.25) is 0 Å². The van der Waals surface area contributed by atoms with Crippen LogP contribution >= 0.6 is 0 Å². The van der Waals surface area contributed by atoms with Crippen LogP contribution in [0.4, 0.5) is 10.5 Å². The van der Waals surface area contributed by atoms with Gasteiger partial charge >= 0.3 is 6.03 Å². The lowest BCUT2D eigenvalue weighted by atomic mass is 9.83. The van der Waals surface area contributed by atoms with Gasteiger partial charge in [0, 0.05) is 35.7 Å². The topological polar surface area (TPSA) is 75.8 Å². The molecule has 0 atom stereocenters. The molecule has 0 bridgehead atoms. The number of piperidine rings is 1. The van der Waals surface area contributed by atoms with Gasteiger partial charge in [-0.1, -0.05) is 18.2 Å². The Morgan fingerprint density at radius 3 is 2.68 bits per heavy atom. The number of carbonyl (C=O) groups excluding carboxylic acids is 1. The van der Waals surface area contributed by atoms with Crippen molar-refractivity contribution in [3.63, 3.8) is 0 Å². The van der Waals surface area contributed by atoms with Gasteiger partial charge in [0.25, 0.3) is 0 Å². The van der Waals surface area contributed by atoms with E-state index in [0.29, 0.717) is 43.5 Å². The number of fused-ring (bicyclic) bond motifs is 5. The summed E-state index contributed by atoms with van der Waals surface area (Å²) in [4.78, 5) is 18.4. The highest BCUT2D eigenvalue weighted by Gasteiger charge is 2.43. The van der Waals surface area contributed by atoms with Crippen LogP contribution < -0.4 is 14.8 Å². The van der Waals surface area contributed by atoms with Crippen molar-refractivity contribution in [2.45, 2.75) is 24.9 Å². The van der Waals surface area contributed by atoms with Crippen molar-refractivity contribution in [2.75, 3.05) is 38.2 Å². The van der Waals surface area contributed by atoms with E-state index in [1.165, 1.54) is 16.6 Å². The highest BCUT2D eigenvalue weighted by molar-refractivity contribution is 5.90. The maximum Gasteiger partial charge on any atom is 0.321 e. The fraction of sp³-hybridized carbons (Fsp3) is 0.375. The number of urea groups is 1. The van der Waals surface area contributed by atoms with Crippen molar-refractivity contribution < 1.29 is 19.0 Å². The van der Waals surface area contributed by atoms with Crippen molar-refractivity contribution in [1.82, 2.24) is 9.88 Å². The van der Waals surface area contributed by atoms with Gasteiger partial charge in [-0.25, -0.2) is 4.79 Å². The predicted octanol–water partition coefficient (Wildman–Crippen LogP) is 4.04. The Bertz CT molecular complexity index is 1150. The number of nitrogens with zero attached hydrogens (tertiary/aromatic N) is 1. The number of ether oxygens (including phenoxy) is 3. The highest BCUT2D eigenvalue weighted by atomic mass is 16.6. The van der Waals surface area contributed by atoms with Crippen LogP contribution in [0.25, 0.3) is 10.9 Å². The quantitative estimate of drug-likeness (QED) is 0.624. The molecule has 0 saturated carbocycles. The first-order valence-corrected chi connectivity index (χ1v) is 10.9. The molecule has 4 heterocycles. The largest absolute Gasteiger partial charge is 0.486 e. The molecule has 1 aromatic heterocycles. The first-order valence-electron chi connectivity index (χ1n) is 10.9. The molecule has 2 amide bonds. The van der Waals surface area contributed by atoms with Crippen molar-refractivity contribution in [2.24, 2.45) is 0 Å². The Labute approximate surface area is 180 Å². The molecular weight excluding hydrogens is 394 g/mol. The smallest absolute Gasteiger partial charge is 0.321 e. The number of aromatic amines is 1. The number of aromatic nitrogens is 1. The maximum absolute atomic E-state index is 12.9. The third kappa shape index (κ3) is 3.11. The summed E-state index contributed by atoms with van der Waals surface area (Å²) in [5.74, 6) is 1.39. The Morgan fingerprint density at radius 2 is 1.81 bits per heavy atom. The number of hydrogen-bond donors (Lipinski definition) is 2. The van der Waals surface area contributed by atoms with E-state index in [-0.39, 0.29) is 11.6 Å². The standard InChI is InChI=1S/C24H25N3O4/c28-23(25-16-5-6-20-21(15-16)30-14-13-29-20)27-10-8-24(9-11-27)22-18(7-12-31-24)17-3-1-2-4-19(17)26-22/h1-6,15,26H,7-14H2,(H,25,28). The minimum absolute atomic E-state index is 0.0980. The normalized spacial score (nSPS) is 19.3. The van der Waals surface area contributed by atoms with Gasteiger partial charge in [-0.3, -0.25) is 0 Å². The van der Waals surface area contributed by atoms with Crippen LogP contribution in [-0.4, -0.2) is 48.8 Å². The van der Waals surface area contributed by atoms with Gasteiger partial charge in [0.1, 0.15) is 18.8 Å². The molecule has 1 spiro atoms. The summed E-state index contributed by atoms with van der Waals surface area (Å²) in [7, 11) is 0. The molecule has 1 fully saturated rings. The SMILES string of the molecule is O=C(Nc1ccc2c(c1)OCCO2)N1CCC2(CC1)OCCc1c2[nH]c2ccccc12. The summed E-state index contributed by atoms with van der Waals surface area (Å²) in [6.45, 7) is 3.08. The molecule has 3 aliphatic rings. The molecule has 3 aliphatic heterocycles. The molecule has 6 rings (SSSR count). The first kappa shape index (κ1) is 18.6. The van der Waals surface area contributed by atoms with E-state index in [0.717, 1.165) is 31.4 Å². The van der Waals surface area contributed by atoms with Gasteiger partial charge in [0.05, 0.1) is 12.3 Å². The van der Waals surface area contributed by atoms with Gasteiger partial charge in [-0.05, 0) is 43.0 Å². The minimum atomic E-state index is -0.333. The molecule has 2 N–H and O–H groups in total. The second-order valence-electron chi connectivity index (χ2n) is 8.39. The van der Waals surface area contributed by atoms with Crippen LogP contribution in [0, 0.1) is 0 Å². The zero-order valence-electron chi connectivity index (χ0n) is 17.3. The number of carbonyl (C=O) groups is 1.